The van der Waals surface area contributed by atoms with E-state index in [4.69, 9.17) is 4.74 Å². The molecule has 1 aliphatic heterocycles. The topological polar surface area (TPSA) is 55.3 Å². The van der Waals surface area contributed by atoms with Gasteiger partial charge in [0.05, 0.1) is 13.0 Å². The summed E-state index contributed by atoms with van der Waals surface area (Å²) >= 11 is 0. The van der Waals surface area contributed by atoms with E-state index in [0.717, 1.165) is 43.2 Å². The van der Waals surface area contributed by atoms with Crippen molar-refractivity contribution in [2.24, 2.45) is 0 Å². The van der Waals surface area contributed by atoms with Crippen LogP contribution in [0.1, 0.15) is 36.7 Å². The summed E-state index contributed by atoms with van der Waals surface area (Å²) in [6.07, 6.45) is 4.29. The van der Waals surface area contributed by atoms with Crippen molar-refractivity contribution in [3.8, 4) is 5.75 Å². The Kier molecular flexibility index (Phi) is 5.41. The lowest BCUT2D eigenvalue weighted by molar-refractivity contribution is -0.132. The second-order valence-electron chi connectivity index (χ2n) is 6.12. The number of hydrogen-bond acceptors (Lipinski definition) is 4. The molecule has 126 valence electrons. The van der Waals surface area contributed by atoms with Gasteiger partial charge in [-0.05, 0) is 38.0 Å². The van der Waals surface area contributed by atoms with Gasteiger partial charge in [-0.15, -0.1) is 0 Å². The zero-order chi connectivity index (χ0) is 16.8. The standard InChI is InChI=1S/C19H23N3O2/c1-15-20-11-9-18(21-15)16-6-5-12-22(14-16)19(23)10-13-24-17-7-3-2-4-8-17/h2-4,7-9,11,16H,5-6,10,12-14H2,1H3/t16-/m1/s1. The number of ether oxygens (including phenoxy) is 1. The van der Waals surface area contributed by atoms with Gasteiger partial charge in [0.2, 0.25) is 5.91 Å². The molecule has 0 aliphatic carbocycles. The van der Waals surface area contributed by atoms with Crippen molar-refractivity contribution in [3.63, 3.8) is 0 Å². The predicted molar refractivity (Wildman–Crippen MR) is 91.9 cm³/mol. The maximum Gasteiger partial charge on any atom is 0.226 e. The Labute approximate surface area is 142 Å². The first-order chi connectivity index (χ1) is 11.7. The fourth-order valence-electron chi connectivity index (χ4n) is 3.08. The van der Waals surface area contributed by atoms with Crippen molar-refractivity contribution < 1.29 is 9.53 Å². The molecule has 5 heteroatoms. The first kappa shape index (κ1) is 16.4. The summed E-state index contributed by atoms with van der Waals surface area (Å²) in [5.74, 6) is 2.05. The lowest BCUT2D eigenvalue weighted by Gasteiger charge is -2.32. The van der Waals surface area contributed by atoms with Crippen LogP contribution in [0.3, 0.4) is 0 Å². The van der Waals surface area contributed by atoms with Crippen LogP contribution in [0.5, 0.6) is 5.75 Å². The molecule has 1 fully saturated rings. The number of carbonyl (C=O) groups is 1. The van der Waals surface area contributed by atoms with Crippen LogP contribution < -0.4 is 4.74 Å². The van der Waals surface area contributed by atoms with Gasteiger partial charge >= 0.3 is 0 Å². The molecule has 0 spiro atoms. The van der Waals surface area contributed by atoms with Gasteiger partial charge in [0, 0.05) is 30.9 Å². The van der Waals surface area contributed by atoms with Gasteiger partial charge in [-0.25, -0.2) is 9.97 Å². The van der Waals surface area contributed by atoms with Gasteiger partial charge in [0.15, 0.2) is 0 Å². The highest BCUT2D eigenvalue weighted by atomic mass is 16.5. The van der Waals surface area contributed by atoms with E-state index < -0.39 is 0 Å². The predicted octanol–water partition coefficient (Wildman–Crippen LogP) is 2.96. The molecule has 1 aliphatic rings. The van der Waals surface area contributed by atoms with Crippen molar-refractivity contribution in [2.75, 3.05) is 19.7 Å². The minimum atomic E-state index is 0.154. The minimum Gasteiger partial charge on any atom is -0.493 e. The average Bonchev–Trinajstić information content (AvgIpc) is 2.63. The van der Waals surface area contributed by atoms with Crippen LogP contribution in [0.25, 0.3) is 0 Å². The van der Waals surface area contributed by atoms with Gasteiger partial charge < -0.3 is 9.64 Å². The number of likely N-dealkylation sites (tertiary alicyclic amines) is 1. The van der Waals surface area contributed by atoms with Crippen molar-refractivity contribution in [1.82, 2.24) is 14.9 Å². The third-order valence-corrected chi connectivity index (χ3v) is 4.32. The van der Waals surface area contributed by atoms with E-state index in [2.05, 4.69) is 9.97 Å². The fraction of sp³-hybridized carbons (Fsp3) is 0.421. The SMILES string of the molecule is Cc1nccc([C@@H]2CCCN(C(=O)CCOc3ccccc3)C2)n1. The maximum atomic E-state index is 12.4. The van der Waals surface area contributed by atoms with Gasteiger partial charge in [-0.3, -0.25) is 4.79 Å². The van der Waals surface area contributed by atoms with Crippen molar-refractivity contribution in [2.45, 2.75) is 32.1 Å². The Morgan fingerprint density at radius 2 is 2.12 bits per heavy atom. The van der Waals surface area contributed by atoms with Gasteiger partial charge in [0.1, 0.15) is 11.6 Å². The van der Waals surface area contributed by atoms with Gasteiger partial charge in [-0.2, -0.15) is 0 Å². The highest BCUT2D eigenvalue weighted by molar-refractivity contribution is 5.76. The largest absolute Gasteiger partial charge is 0.493 e. The molecule has 0 saturated carbocycles. The summed E-state index contributed by atoms with van der Waals surface area (Å²) in [6.45, 7) is 3.87. The lowest BCUT2D eigenvalue weighted by Crippen LogP contribution is -2.39. The molecular formula is C19H23N3O2. The normalized spacial score (nSPS) is 17.5. The summed E-state index contributed by atoms with van der Waals surface area (Å²) in [5.41, 5.74) is 1.04. The van der Waals surface area contributed by atoms with Crippen LogP contribution in [0.2, 0.25) is 0 Å². The molecule has 0 radical (unpaired) electrons. The van der Waals surface area contributed by atoms with E-state index in [9.17, 15) is 4.79 Å². The summed E-state index contributed by atoms with van der Waals surface area (Å²) < 4.78 is 5.63. The molecule has 0 bridgehead atoms. The van der Waals surface area contributed by atoms with Crippen LogP contribution >= 0.6 is 0 Å². The molecule has 1 aromatic carbocycles. The molecule has 3 rings (SSSR count). The Balaban J connectivity index is 1.51. The van der Waals surface area contributed by atoms with Crippen LogP contribution in [-0.4, -0.2) is 40.5 Å². The Morgan fingerprint density at radius 1 is 1.29 bits per heavy atom. The number of hydrogen-bond donors (Lipinski definition) is 0. The summed E-state index contributed by atoms with van der Waals surface area (Å²) in [4.78, 5) is 23.1. The summed E-state index contributed by atoms with van der Waals surface area (Å²) in [6, 6.07) is 11.6. The lowest BCUT2D eigenvalue weighted by atomic mass is 9.94. The number of nitrogens with zero attached hydrogens (tertiary/aromatic N) is 3. The zero-order valence-corrected chi connectivity index (χ0v) is 14.0. The quantitative estimate of drug-likeness (QED) is 0.848. The fourth-order valence-corrected chi connectivity index (χ4v) is 3.08. The molecule has 1 amide bonds. The molecule has 1 saturated heterocycles. The Bertz CT molecular complexity index is 675. The Morgan fingerprint density at radius 3 is 2.92 bits per heavy atom. The third kappa shape index (κ3) is 4.31. The number of para-hydroxylation sites is 1. The highest BCUT2D eigenvalue weighted by Gasteiger charge is 2.25. The first-order valence-electron chi connectivity index (χ1n) is 8.47. The number of rotatable bonds is 5. The number of aromatic nitrogens is 2. The molecular weight excluding hydrogens is 302 g/mol. The number of aryl methyl sites for hydroxylation is 1. The molecule has 24 heavy (non-hydrogen) atoms. The van der Waals surface area contributed by atoms with Crippen molar-refractivity contribution >= 4 is 5.91 Å². The molecule has 0 unspecified atom stereocenters. The van der Waals surface area contributed by atoms with Crippen molar-refractivity contribution in [1.29, 1.82) is 0 Å². The molecule has 2 heterocycles. The van der Waals surface area contributed by atoms with E-state index in [1.165, 1.54) is 0 Å². The average molecular weight is 325 g/mol. The number of carbonyl (C=O) groups excluding carboxylic acids is 1. The highest BCUT2D eigenvalue weighted by Crippen LogP contribution is 2.25. The zero-order valence-electron chi connectivity index (χ0n) is 14.0. The molecule has 5 nitrogen and oxygen atoms in total. The van der Waals surface area contributed by atoms with Gasteiger partial charge in [-0.1, -0.05) is 18.2 Å². The number of benzene rings is 1. The van der Waals surface area contributed by atoms with E-state index in [1.54, 1.807) is 6.20 Å². The second kappa shape index (κ2) is 7.90. The van der Waals surface area contributed by atoms with E-state index in [-0.39, 0.29) is 5.91 Å². The molecule has 1 aromatic heterocycles. The molecule has 0 N–H and O–H groups in total. The molecule has 2 aromatic rings. The number of amides is 1. The van der Waals surface area contributed by atoms with E-state index >= 15 is 0 Å². The molecule has 1 atom stereocenters. The van der Waals surface area contributed by atoms with Crippen LogP contribution in [-0.2, 0) is 4.79 Å². The number of piperidine rings is 1. The first-order valence-corrected chi connectivity index (χ1v) is 8.47. The van der Waals surface area contributed by atoms with Gasteiger partial charge in [0.25, 0.3) is 0 Å². The van der Waals surface area contributed by atoms with Crippen LogP contribution in [0.15, 0.2) is 42.6 Å². The monoisotopic (exact) mass is 325 g/mol. The summed E-state index contributed by atoms with van der Waals surface area (Å²) in [5, 5.41) is 0. The van der Waals surface area contributed by atoms with E-state index in [0.29, 0.717) is 18.9 Å². The van der Waals surface area contributed by atoms with Crippen LogP contribution in [0, 0.1) is 6.92 Å². The van der Waals surface area contributed by atoms with E-state index in [1.807, 2.05) is 48.2 Å². The second-order valence-corrected chi connectivity index (χ2v) is 6.12. The van der Waals surface area contributed by atoms with Crippen molar-refractivity contribution in [3.05, 3.63) is 54.1 Å². The summed E-state index contributed by atoms with van der Waals surface area (Å²) in [7, 11) is 0. The Hall–Kier alpha value is -2.43. The van der Waals surface area contributed by atoms with Crippen LogP contribution in [0.4, 0.5) is 0 Å². The maximum absolute atomic E-state index is 12.4. The minimum absolute atomic E-state index is 0.154. The smallest absolute Gasteiger partial charge is 0.226 e. The third-order valence-electron chi connectivity index (χ3n) is 4.32.